The van der Waals surface area contributed by atoms with E-state index in [1.807, 2.05) is 0 Å². The normalized spacial score (nSPS) is 24.0. The Hall–Kier alpha value is -0.0800. The summed E-state index contributed by atoms with van der Waals surface area (Å²) in [7, 11) is 0. The van der Waals surface area contributed by atoms with E-state index in [-0.39, 0.29) is 0 Å². The van der Waals surface area contributed by atoms with Crippen molar-refractivity contribution in [1.82, 2.24) is 0 Å². The van der Waals surface area contributed by atoms with Crippen molar-refractivity contribution >= 4 is 0 Å². The highest BCUT2D eigenvalue weighted by Gasteiger charge is 2.46. The first kappa shape index (κ1) is 11.0. The van der Waals surface area contributed by atoms with E-state index in [0.29, 0.717) is 18.4 Å². The summed E-state index contributed by atoms with van der Waals surface area (Å²) < 4.78 is 0. The third-order valence-corrected chi connectivity index (χ3v) is 3.48. The first-order valence-electron chi connectivity index (χ1n) is 5.61. The minimum Gasteiger partial charge on any atom is -0.389 e. The molecule has 0 saturated heterocycles. The molecule has 1 fully saturated rings. The number of aliphatic hydroxyl groups is 1. The molecule has 2 nitrogen and oxygen atoms in total. The fraction of sp³-hybridized carbons (Fsp3) is 1.00. The first-order valence-corrected chi connectivity index (χ1v) is 5.61. The van der Waals surface area contributed by atoms with Gasteiger partial charge in [-0.3, -0.25) is 0 Å². The number of hydrogen-bond donors (Lipinski definition) is 2. The van der Waals surface area contributed by atoms with Crippen molar-refractivity contribution in [3.63, 3.8) is 0 Å². The molecule has 2 unspecified atom stereocenters. The van der Waals surface area contributed by atoms with E-state index in [4.69, 9.17) is 5.73 Å². The Morgan fingerprint density at radius 3 is 2.38 bits per heavy atom. The molecule has 78 valence electrons. The van der Waals surface area contributed by atoms with Crippen LogP contribution < -0.4 is 5.73 Å². The summed E-state index contributed by atoms with van der Waals surface area (Å²) in [6.45, 7) is 4.87. The lowest BCUT2D eigenvalue weighted by atomic mass is 9.78. The van der Waals surface area contributed by atoms with Crippen molar-refractivity contribution in [2.24, 2.45) is 17.6 Å². The molecular weight excluding hydrogens is 162 g/mol. The molecule has 2 atom stereocenters. The molecule has 0 radical (unpaired) electrons. The fourth-order valence-electron chi connectivity index (χ4n) is 2.41. The van der Waals surface area contributed by atoms with Gasteiger partial charge in [0.15, 0.2) is 0 Å². The Labute approximate surface area is 81.5 Å². The second-order valence-electron chi connectivity index (χ2n) is 4.34. The largest absolute Gasteiger partial charge is 0.389 e. The highest BCUT2D eigenvalue weighted by Crippen LogP contribution is 2.46. The van der Waals surface area contributed by atoms with Gasteiger partial charge in [-0.15, -0.1) is 0 Å². The Bertz CT molecular complexity index is 156. The van der Waals surface area contributed by atoms with Gasteiger partial charge in [0.2, 0.25) is 0 Å². The molecular formula is C11H23NO. The predicted octanol–water partition coefficient (Wildman–Crippen LogP) is 1.91. The molecule has 0 aromatic carbocycles. The first-order chi connectivity index (χ1) is 6.19. The minimum absolute atomic E-state index is 0.315. The van der Waals surface area contributed by atoms with Crippen LogP contribution in [0.3, 0.4) is 0 Å². The molecule has 0 amide bonds. The molecule has 3 N–H and O–H groups in total. The SMILES string of the molecule is CCCC(CN)C(O)(CC)C1CC1. The van der Waals surface area contributed by atoms with Crippen molar-refractivity contribution in [2.75, 3.05) is 6.54 Å². The van der Waals surface area contributed by atoms with Gasteiger partial charge in [0.1, 0.15) is 0 Å². The topological polar surface area (TPSA) is 46.2 Å². The Morgan fingerprint density at radius 2 is 2.08 bits per heavy atom. The van der Waals surface area contributed by atoms with Crippen molar-refractivity contribution in [2.45, 2.75) is 51.6 Å². The third kappa shape index (κ3) is 2.23. The molecule has 0 bridgehead atoms. The molecule has 0 aromatic heterocycles. The monoisotopic (exact) mass is 185 g/mol. The summed E-state index contributed by atoms with van der Waals surface area (Å²) in [5.74, 6) is 0.854. The number of nitrogens with two attached hydrogens (primary N) is 1. The van der Waals surface area contributed by atoms with Crippen molar-refractivity contribution in [1.29, 1.82) is 0 Å². The maximum Gasteiger partial charge on any atom is 0.0713 e. The van der Waals surface area contributed by atoms with Crippen LogP contribution in [0.2, 0.25) is 0 Å². The predicted molar refractivity (Wildman–Crippen MR) is 55.4 cm³/mol. The lowest BCUT2D eigenvalue weighted by Gasteiger charge is -2.35. The van der Waals surface area contributed by atoms with Crippen LogP contribution in [0.4, 0.5) is 0 Å². The standard InChI is InChI=1S/C11H23NO/c1-3-5-10(8-12)11(13,4-2)9-6-7-9/h9-10,13H,3-8,12H2,1-2H3. The smallest absolute Gasteiger partial charge is 0.0713 e. The summed E-state index contributed by atoms with van der Waals surface area (Å²) >= 11 is 0. The molecule has 2 heteroatoms. The van der Waals surface area contributed by atoms with Crippen LogP contribution in [0.5, 0.6) is 0 Å². The van der Waals surface area contributed by atoms with Gasteiger partial charge in [0.25, 0.3) is 0 Å². The number of rotatable bonds is 6. The minimum atomic E-state index is -0.454. The zero-order chi connectivity index (χ0) is 9.90. The molecule has 0 aliphatic heterocycles. The van der Waals surface area contributed by atoms with E-state index in [2.05, 4.69) is 13.8 Å². The van der Waals surface area contributed by atoms with Gasteiger partial charge < -0.3 is 10.8 Å². The van der Waals surface area contributed by atoms with Crippen LogP contribution in [0, 0.1) is 11.8 Å². The van der Waals surface area contributed by atoms with E-state index < -0.39 is 5.60 Å². The van der Waals surface area contributed by atoms with Crippen LogP contribution in [-0.2, 0) is 0 Å². The zero-order valence-corrected chi connectivity index (χ0v) is 8.92. The second kappa shape index (κ2) is 4.43. The van der Waals surface area contributed by atoms with Gasteiger partial charge in [-0.25, -0.2) is 0 Å². The maximum atomic E-state index is 10.5. The molecule has 0 heterocycles. The van der Waals surface area contributed by atoms with Crippen LogP contribution in [0.15, 0.2) is 0 Å². The highest BCUT2D eigenvalue weighted by molar-refractivity contribution is 4.98. The Balaban J connectivity index is 2.59. The Morgan fingerprint density at radius 1 is 1.46 bits per heavy atom. The Kier molecular flexibility index (Phi) is 3.74. The van der Waals surface area contributed by atoms with Gasteiger partial charge in [0, 0.05) is 5.92 Å². The van der Waals surface area contributed by atoms with Crippen molar-refractivity contribution in [3.05, 3.63) is 0 Å². The third-order valence-electron chi connectivity index (χ3n) is 3.48. The molecule has 1 rings (SSSR count). The van der Waals surface area contributed by atoms with E-state index >= 15 is 0 Å². The van der Waals surface area contributed by atoms with E-state index in [0.717, 1.165) is 19.3 Å². The second-order valence-corrected chi connectivity index (χ2v) is 4.34. The molecule has 0 aromatic rings. The summed E-state index contributed by atoms with van der Waals surface area (Å²) in [5, 5.41) is 10.5. The number of hydrogen-bond acceptors (Lipinski definition) is 2. The van der Waals surface area contributed by atoms with E-state index in [9.17, 15) is 5.11 Å². The van der Waals surface area contributed by atoms with Crippen LogP contribution in [-0.4, -0.2) is 17.3 Å². The van der Waals surface area contributed by atoms with Gasteiger partial charge in [-0.05, 0) is 38.1 Å². The molecule has 1 aliphatic rings. The average Bonchev–Trinajstić information content (AvgIpc) is 2.96. The summed E-state index contributed by atoms with van der Waals surface area (Å²) in [6.07, 6.45) is 5.45. The molecule has 1 aliphatic carbocycles. The van der Waals surface area contributed by atoms with E-state index in [1.165, 1.54) is 12.8 Å². The summed E-state index contributed by atoms with van der Waals surface area (Å²) in [4.78, 5) is 0. The van der Waals surface area contributed by atoms with Crippen molar-refractivity contribution in [3.8, 4) is 0 Å². The molecule has 0 spiro atoms. The van der Waals surface area contributed by atoms with Gasteiger partial charge >= 0.3 is 0 Å². The summed E-state index contributed by atoms with van der Waals surface area (Å²) in [6, 6.07) is 0. The van der Waals surface area contributed by atoms with E-state index in [1.54, 1.807) is 0 Å². The van der Waals surface area contributed by atoms with Gasteiger partial charge in [-0.2, -0.15) is 0 Å². The molecule has 13 heavy (non-hydrogen) atoms. The van der Waals surface area contributed by atoms with Crippen LogP contribution in [0.25, 0.3) is 0 Å². The van der Waals surface area contributed by atoms with Crippen molar-refractivity contribution < 1.29 is 5.11 Å². The average molecular weight is 185 g/mol. The summed E-state index contributed by atoms with van der Waals surface area (Å²) in [5.41, 5.74) is 5.27. The highest BCUT2D eigenvalue weighted by atomic mass is 16.3. The fourth-order valence-corrected chi connectivity index (χ4v) is 2.41. The van der Waals surface area contributed by atoms with Gasteiger partial charge in [-0.1, -0.05) is 20.3 Å². The lowest BCUT2D eigenvalue weighted by molar-refractivity contribution is -0.0427. The van der Waals surface area contributed by atoms with Crippen LogP contribution >= 0.6 is 0 Å². The maximum absolute atomic E-state index is 10.5. The zero-order valence-electron chi connectivity index (χ0n) is 8.92. The van der Waals surface area contributed by atoms with Crippen LogP contribution in [0.1, 0.15) is 46.0 Å². The molecule has 1 saturated carbocycles. The quantitative estimate of drug-likeness (QED) is 0.664. The lowest BCUT2D eigenvalue weighted by Crippen LogP contribution is -2.43. The van der Waals surface area contributed by atoms with Gasteiger partial charge in [0.05, 0.1) is 5.60 Å².